The molecule has 0 radical (unpaired) electrons. The zero-order valence-corrected chi connectivity index (χ0v) is 15.9. The highest BCUT2D eigenvalue weighted by molar-refractivity contribution is 5.81. The van der Waals surface area contributed by atoms with E-state index in [9.17, 15) is 0 Å². The van der Waals surface area contributed by atoms with Gasteiger partial charge in [0, 0.05) is 39.4 Å². The maximum absolute atomic E-state index is 4.83. The molecule has 0 aliphatic carbocycles. The Labute approximate surface area is 156 Å². The van der Waals surface area contributed by atoms with E-state index in [0.717, 1.165) is 51.4 Å². The molecule has 0 unspecified atom stereocenters. The second-order valence-electron chi connectivity index (χ2n) is 6.65. The van der Waals surface area contributed by atoms with Gasteiger partial charge in [0.1, 0.15) is 0 Å². The molecule has 1 aliphatic rings. The van der Waals surface area contributed by atoms with Crippen molar-refractivity contribution in [3.05, 3.63) is 59.9 Å². The van der Waals surface area contributed by atoms with Crippen LogP contribution < -0.4 is 5.32 Å². The summed E-state index contributed by atoms with van der Waals surface area (Å²) in [6, 6.07) is 10.7. The monoisotopic (exact) mass is 351 g/mol. The standard InChI is InChI=1S/C21H29N5/c1-3-22-21(23-13-7-8-18-16-24-25(2)17-18)26-14-11-20(12-15-26)19-9-5-4-6-10-19/h4-6,9-11,16-17H,3,7-8,12-15H2,1-2H3,(H,22,23). The van der Waals surface area contributed by atoms with E-state index >= 15 is 0 Å². The van der Waals surface area contributed by atoms with Crippen molar-refractivity contribution in [2.75, 3.05) is 26.2 Å². The van der Waals surface area contributed by atoms with Crippen LogP contribution in [0.4, 0.5) is 0 Å². The molecule has 5 heteroatoms. The molecule has 0 spiro atoms. The van der Waals surface area contributed by atoms with E-state index in [0.29, 0.717) is 0 Å². The molecular formula is C21H29N5. The van der Waals surface area contributed by atoms with Crippen LogP contribution in [0, 0.1) is 0 Å². The summed E-state index contributed by atoms with van der Waals surface area (Å²) < 4.78 is 1.85. The number of hydrogen-bond donors (Lipinski definition) is 1. The van der Waals surface area contributed by atoms with Crippen LogP contribution in [0.5, 0.6) is 0 Å². The second-order valence-corrected chi connectivity index (χ2v) is 6.65. The summed E-state index contributed by atoms with van der Waals surface area (Å²) in [5.74, 6) is 1.03. The third kappa shape index (κ3) is 4.97. The van der Waals surface area contributed by atoms with Gasteiger partial charge in [-0.25, -0.2) is 0 Å². The lowest BCUT2D eigenvalue weighted by atomic mass is 10.00. The van der Waals surface area contributed by atoms with Gasteiger partial charge in [-0.15, -0.1) is 0 Å². The Bertz CT molecular complexity index is 745. The Kier molecular flexibility index (Phi) is 6.47. The summed E-state index contributed by atoms with van der Waals surface area (Å²) in [5, 5.41) is 7.66. The van der Waals surface area contributed by atoms with E-state index in [-0.39, 0.29) is 0 Å². The number of aromatic nitrogens is 2. The number of aryl methyl sites for hydroxylation is 2. The summed E-state index contributed by atoms with van der Waals surface area (Å²) >= 11 is 0. The summed E-state index contributed by atoms with van der Waals surface area (Å²) in [5.41, 5.74) is 4.06. The van der Waals surface area contributed by atoms with Gasteiger partial charge in [-0.3, -0.25) is 9.67 Å². The van der Waals surface area contributed by atoms with Gasteiger partial charge in [0.15, 0.2) is 5.96 Å². The van der Waals surface area contributed by atoms with Crippen molar-refractivity contribution in [1.82, 2.24) is 20.0 Å². The van der Waals surface area contributed by atoms with Crippen molar-refractivity contribution in [2.24, 2.45) is 12.0 Å². The Morgan fingerprint density at radius 2 is 2.12 bits per heavy atom. The Morgan fingerprint density at radius 1 is 1.27 bits per heavy atom. The molecule has 138 valence electrons. The van der Waals surface area contributed by atoms with Crippen molar-refractivity contribution in [2.45, 2.75) is 26.2 Å². The number of hydrogen-bond acceptors (Lipinski definition) is 2. The van der Waals surface area contributed by atoms with Gasteiger partial charge in [-0.1, -0.05) is 36.4 Å². The van der Waals surface area contributed by atoms with Crippen molar-refractivity contribution >= 4 is 11.5 Å². The van der Waals surface area contributed by atoms with Crippen molar-refractivity contribution in [3.63, 3.8) is 0 Å². The van der Waals surface area contributed by atoms with Gasteiger partial charge in [0.25, 0.3) is 0 Å². The molecule has 0 saturated heterocycles. The lowest BCUT2D eigenvalue weighted by Crippen LogP contribution is -2.43. The van der Waals surface area contributed by atoms with Crippen LogP contribution in [0.15, 0.2) is 53.8 Å². The summed E-state index contributed by atoms with van der Waals surface area (Å²) in [6.45, 7) is 5.78. The number of rotatable bonds is 6. The predicted molar refractivity (Wildman–Crippen MR) is 108 cm³/mol. The molecule has 0 saturated carbocycles. The molecule has 1 N–H and O–H groups in total. The SMILES string of the molecule is CCNC(=NCCCc1cnn(C)c1)N1CC=C(c2ccccc2)CC1. The highest BCUT2D eigenvalue weighted by atomic mass is 15.3. The number of aliphatic imine (C=N–C) groups is 1. The maximum Gasteiger partial charge on any atom is 0.194 e. The molecule has 2 aromatic rings. The highest BCUT2D eigenvalue weighted by Crippen LogP contribution is 2.21. The minimum atomic E-state index is 0.836. The van der Waals surface area contributed by atoms with Gasteiger partial charge < -0.3 is 10.2 Å². The van der Waals surface area contributed by atoms with Crippen LogP contribution in [0.25, 0.3) is 5.57 Å². The highest BCUT2D eigenvalue weighted by Gasteiger charge is 2.15. The minimum absolute atomic E-state index is 0.836. The molecule has 2 heterocycles. The Balaban J connectivity index is 1.55. The van der Waals surface area contributed by atoms with Crippen molar-refractivity contribution in [3.8, 4) is 0 Å². The Hall–Kier alpha value is -2.56. The molecular weight excluding hydrogens is 322 g/mol. The first-order valence-corrected chi connectivity index (χ1v) is 9.51. The normalized spacial score (nSPS) is 15.1. The fraction of sp³-hybridized carbons (Fsp3) is 0.429. The fourth-order valence-corrected chi connectivity index (χ4v) is 3.27. The molecule has 0 fully saturated rings. The van der Waals surface area contributed by atoms with E-state index in [1.54, 1.807) is 0 Å². The van der Waals surface area contributed by atoms with Crippen LogP contribution >= 0.6 is 0 Å². The van der Waals surface area contributed by atoms with Crippen LogP contribution in [0.3, 0.4) is 0 Å². The zero-order chi connectivity index (χ0) is 18.2. The average Bonchev–Trinajstić information content (AvgIpc) is 3.10. The first-order valence-electron chi connectivity index (χ1n) is 9.51. The minimum Gasteiger partial charge on any atom is -0.357 e. The van der Waals surface area contributed by atoms with Gasteiger partial charge in [0.05, 0.1) is 6.20 Å². The average molecular weight is 351 g/mol. The van der Waals surface area contributed by atoms with Gasteiger partial charge >= 0.3 is 0 Å². The number of nitrogens with zero attached hydrogens (tertiary/aromatic N) is 4. The molecule has 1 aromatic carbocycles. The summed E-state index contributed by atoms with van der Waals surface area (Å²) in [4.78, 5) is 7.18. The molecule has 26 heavy (non-hydrogen) atoms. The lowest BCUT2D eigenvalue weighted by Gasteiger charge is -2.30. The molecule has 1 aromatic heterocycles. The van der Waals surface area contributed by atoms with E-state index in [1.165, 1.54) is 16.7 Å². The van der Waals surface area contributed by atoms with Crippen LogP contribution in [-0.2, 0) is 13.5 Å². The van der Waals surface area contributed by atoms with Gasteiger partial charge in [-0.2, -0.15) is 5.10 Å². The summed E-state index contributed by atoms with van der Waals surface area (Å²) in [7, 11) is 1.96. The number of nitrogens with one attached hydrogen (secondary N) is 1. The third-order valence-corrected chi connectivity index (χ3v) is 4.63. The summed E-state index contributed by atoms with van der Waals surface area (Å²) in [6.07, 6.45) is 9.48. The van der Waals surface area contributed by atoms with E-state index in [4.69, 9.17) is 4.99 Å². The largest absolute Gasteiger partial charge is 0.357 e. The molecule has 3 rings (SSSR count). The smallest absolute Gasteiger partial charge is 0.194 e. The molecule has 0 bridgehead atoms. The van der Waals surface area contributed by atoms with Gasteiger partial charge in [0.2, 0.25) is 0 Å². The number of benzene rings is 1. The molecule has 1 aliphatic heterocycles. The van der Waals surface area contributed by atoms with E-state index in [2.05, 4.69) is 64.8 Å². The molecule has 0 atom stereocenters. The second kappa shape index (κ2) is 9.22. The zero-order valence-electron chi connectivity index (χ0n) is 15.9. The third-order valence-electron chi connectivity index (χ3n) is 4.63. The van der Waals surface area contributed by atoms with Gasteiger partial charge in [-0.05, 0) is 42.9 Å². The first kappa shape index (κ1) is 18.2. The quantitative estimate of drug-likeness (QED) is 0.494. The topological polar surface area (TPSA) is 45.5 Å². The Morgan fingerprint density at radius 3 is 2.77 bits per heavy atom. The van der Waals surface area contributed by atoms with Crippen LogP contribution in [0.2, 0.25) is 0 Å². The predicted octanol–water partition coefficient (Wildman–Crippen LogP) is 3.11. The van der Waals surface area contributed by atoms with E-state index < -0.39 is 0 Å². The first-order chi connectivity index (χ1) is 12.8. The van der Waals surface area contributed by atoms with Crippen molar-refractivity contribution in [1.29, 1.82) is 0 Å². The molecule has 0 amide bonds. The van der Waals surface area contributed by atoms with E-state index in [1.807, 2.05) is 17.9 Å². The number of guanidine groups is 1. The lowest BCUT2D eigenvalue weighted by molar-refractivity contribution is 0.440. The maximum atomic E-state index is 4.83. The van der Waals surface area contributed by atoms with Crippen LogP contribution in [0.1, 0.15) is 30.9 Å². The fourth-order valence-electron chi connectivity index (χ4n) is 3.27. The van der Waals surface area contributed by atoms with Crippen molar-refractivity contribution < 1.29 is 0 Å². The van der Waals surface area contributed by atoms with Crippen LogP contribution in [-0.4, -0.2) is 46.8 Å². The molecule has 5 nitrogen and oxygen atoms in total.